The molecule has 13 heteroatoms. The fourth-order valence-electron chi connectivity index (χ4n) is 5.10. The third kappa shape index (κ3) is 6.76. The van der Waals surface area contributed by atoms with Crippen LogP contribution < -0.4 is 20.7 Å². The third-order valence-electron chi connectivity index (χ3n) is 7.34. The molecule has 0 bridgehead atoms. The maximum absolute atomic E-state index is 13.5. The molecule has 0 amide bonds. The SMILES string of the molecule is O=c1oc2cc(OCC(O)COc3ccc4cc(-c5ccccc5C(F)(F)F)c(=O)oc4c3)ccc2cc1-c1ccccc1C(F)(F)F. The van der Waals surface area contributed by atoms with Crippen LogP contribution in [0.5, 0.6) is 11.5 Å². The van der Waals surface area contributed by atoms with Crippen molar-refractivity contribution in [1.29, 1.82) is 0 Å². The number of hydrogen-bond acceptors (Lipinski definition) is 7. The van der Waals surface area contributed by atoms with Crippen LogP contribution in [0.1, 0.15) is 11.1 Å². The van der Waals surface area contributed by atoms with Crippen molar-refractivity contribution in [2.75, 3.05) is 13.2 Å². The molecule has 0 aliphatic rings. The molecule has 2 heterocycles. The second kappa shape index (κ2) is 12.6. The van der Waals surface area contributed by atoms with Crippen LogP contribution in [-0.4, -0.2) is 24.4 Å². The van der Waals surface area contributed by atoms with Crippen LogP contribution in [0.3, 0.4) is 0 Å². The predicted octanol–water partition coefficient (Wildman–Crippen LogP) is 8.09. The first-order chi connectivity index (χ1) is 22.8. The Labute approximate surface area is 266 Å². The third-order valence-corrected chi connectivity index (χ3v) is 7.34. The Morgan fingerprint density at radius 2 is 0.958 bits per heavy atom. The van der Waals surface area contributed by atoms with E-state index < -0.39 is 40.8 Å². The van der Waals surface area contributed by atoms with Gasteiger partial charge in [0.2, 0.25) is 0 Å². The maximum atomic E-state index is 13.5. The average molecular weight is 669 g/mol. The number of benzene rings is 4. The zero-order chi connectivity index (χ0) is 34.2. The summed E-state index contributed by atoms with van der Waals surface area (Å²) in [6.45, 7) is -0.533. The summed E-state index contributed by atoms with van der Waals surface area (Å²) in [5, 5.41) is 11.1. The topological polar surface area (TPSA) is 99.1 Å². The number of hydrogen-bond donors (Lipinski definition) is 1. The molecule has 4 aromatic carbocycles. The van der Waals surface area contributed by atoms with Gasteiger partial charge >= 0.3 is 23.6 Å². The molecule has 0 unspecified atom stereocenters. The van der Waals surface area contributed by atoms with E-state index in [2.05, 4.69) is 0 Å². The van der Waals surface area contributed by atoms with Crippen LogP contribution in [0.2, 0.25) is 0 Å². The largest absolute Gasteiger partial charge is 0.491 e. The molecule has 0 fully saturated rings. The molecular weight excluding hydrogens is 646 g/mol. The zero-order valence-corrected chi connectivity index (χ0v) is 24.4. The molecule has 0 spiro atoms. The molecule has 0 atom stereocenters. The summed E-state index contributed by atoms with van der Waals surface area (Å²) in [6.07, 6.45) is -10.5. The lowest BCUT2D eigenvalue weighted by Crippen LogP contribution is -2.25. The molecule has 0 aliphatic carbocycles. The van der Waals surface area contributed by atoms with Gasteiger partial charge in [-0.25, -0.2) is 9.59 Å². The Balaban J connectivity index is 1.12. The number of aliphatic hydroxyl groups is 1. The Bertz CT molecular complexity index is 2090. The van der Waals surface area contributed by atoms with E-state index in [1.807, 2.05) is 0 Å². The normalized spacial score (nSPS) is 12.2. The van der Waals surface area contributed by atoms with Crippen LogP contribution in [0.25, 0.3) is 44.2 Å². The van der Waals surface area contributed by atoms with E-state index in [-0.39, 0.29) is 58.1 Å². The molecule has 0 aliphatic heterocycles. The van der Waals surface area contributed by atoms with E-state index in [9.17, 15) is 41.0 Å². The van der Waals surface area contributed by atoms with E-state index in [4.69, 9.17) is 18.3 Å². The standard InChI is InChI=1S/C35H22F6O7/c36-34(37,38)28-7-3-1-5-24(28)26-13-19-9-11-22(15-30(19)47-32(26)43)45-17-21(42)18-46-23-12-10-20-14-27(33(44)48-31(20)16-23)25-6-2-4-8-29(25)35(39,40)41/h1-16,21,42H,17-18H2. The highest BCUT2D eigenvalue weighted by Crippen LogP contribution is 2.38. The van der Waals surface area contributed by atoms with Gasteiger partial charge in [-0.05, 0) is 48.5 Å². The van der Waals surface area contributed by atoms with Crippen molar-refractivity contribution in [3.8, 4) is 33.8 Å². The second-order valence-corrected chi connectivity index (χ2v) is 10.7. The van der Waals surface area contributed by atoms with Gasteiger partial charge in [-0.15, -0.1) is 0 Å². The van der Waals surface area contributed by atoms with Gasteiger partial charge in [-0.3, -0.25) is 0 Å². The van der Waals surface area contributed by atoms with Crippen molar-refractivity contribution < 1.29 is 49.8 Å². The molecule has 48 heavy (non-hydrogen) atoms. The zero-order valence-electron chi connectivity index (χ0n) is 24.4. The molecule has 6 rings (SSSR count). The van der Waals surface area contributed by atoms with Crippen molar-refractivity contribution in [1.82, 2.24) is 0 Å². The predicted molar refractivity (Wildman–Crippen MR) is 163 cm³/mol. The Kier molecular flexibility index (Phi) is 8.48. The smallest absolute Gasteiger partial charge is 0.417 e. The number of rotatable bonds is 8. The number of alkyl halides is 6. The van der Waals surface area contributed by atoms with Gasteiger partial charge in [0, 0.05) is 34.0 Å². The first-order valence-electron chi connectivity index (χ1n) is 14.2. The fraction of sp³-hybridized carbons (Fsp3) is 0.143. The molecule has 0 saturated carbocycles. The van der Waals surface area contributed by atoms with Gasteiger partial charge in [0.25, 0.3) is 0 Å². The lowest BCUT2D eigenvalue weighted by molar-refractivity contribution is -0.137. The average Bonchev–Trinajstić information content (AvgIpc) is 3.04. The van der Waals surface area contributed by atoms with Gasteiger partial charge in [-0.1, -0.05) is 36.4 Å². The van der Waals surface area contributed by atoms with Crippen LogP contribution in [-0.2, 0) is 12.4 Å². The summed E-state index contributed by atoms with van der Waals surface area (Å²) in [6, 6.07) is 20.6. The van der Waals surface area contributed by atoms with Crippen molar-refractivity contribution in [3.63, 3.8) is 0 Å². The minimum Gasteiger partial charge on any atom is -0.491 e. The van der Waals surface area contributed by atoms with Crippen molar-refractivity contribution in [2.24, 2.45) is 0 Å². The quantitative estimate of drug-likeness (QED) is 0.129. The van der Waals surface area contributed by atoms with Crippen molar-refractivity contribution in [2.45, 2.75) is 18.5 Å². The second-order valence-electron chi connectivity index (χ2n) is 10.7. The molecular formula is C35H22F6O7. The highest BCUT2D eigenvalue weighted by molar-refractivity contribution is 5.84. The Morgan fingerprint density at radius 3 is 1.35 bits per heavy atom. The van der Waals surface area contributed by atoms with Gasteiger partial charge in [0.1, 0.15) is 42.0 Å². The first-order valence-corrected chi connectivity index (χ1v) is 14.2. The van der Waals surface area contributed by atoms with Crippen LogP contribution in [0, 0.1) is 0 Å². The maximum Gasteiger partial charge on any atom is 0.417 e. The van der Waals surface area contributed by atoms with Gasteiger partial charge < -0.3 is 23.4 Å². The molecule has 0 saturated heterocycles. The van der Waals surface area contributed by atoms with E-state index in [0.717, 1.165) is 12.1 Å². The highest BCUT2D eigenvalue weighted by atomic mass is 19.4. The molecule has 1 N–H and O–H groups in total. The summed E-state index contributed by atoms with van der Waals surface area (Å²) in [7, 11) is 0. The summed E-state index contributed by atoms with van der Waals surface area (Å²) >= 11 is 0. The molecule has 2 aromatic heterocycles. The van der Waals surface area contributed by atoms with Crippen LogP contribution in [0.4, 0.5) is 26.3 Å². The van der Waals surface area contributed by atoms with E-state index in [1.165, 1.54) is 84.9 Å². The Hall–Kier alpha value is -5.56. The number of aliphatic hydroxyl groups excluding tert-OH is 1. The minimum atomic E-state index is -4.68. The highest BCUT2D eigenvalue weighted by Gasteiger charge is 2.35. The summed E-state index contributed by atoms with van der Waals surface area (Å²) in [4.78, 5) is 25.3. The lowest BCUT2D eigenvalue weighted by Gasteiger charge is -2.15. The lowest BCUT2D eigenvalue weighted by atomic mass is 10.00. The van der Waals surface area contributed by atoms with Crippen molar-refractivity contribution >= 4 is 21.9 Å². The van der Waals surface area contributed by atoms with E-state index in [1.54, 1.807) is 0 Å². The first kappa shape index (κ1) is 32.4. The van der Waals surface area contributed by atoms with Gasteiger partial charge in [0.05, 0.1) is 22.3 Å². The number of ether oxygens (including phenoxy) is 2. The fourth-order valence-corrected chi connectivity index (χ4v) is 5.10. The van der Waals surface area contributed by atoms with E-state index >= 15 is 0 Å². The van der Waals surface area contributed by atoms with Crippen LogP contribution >= 0.6 is 0 Å². The monoisotopic (exact) mass is 668 g/mol. The van der Waals surface area contributed by atoms with Gasteiger partial charge in [-0.2, -0.15) is 26.3 Å². The van der Waals surface area contributed by atoms with E-state index in [0.29, 0.717) is 10.8 Å². The molecule has 246 valence electrons. The Morgan fingerprint density at radius 1 is 0.562 bits per heavy atom. The number of halogens is 6. The summed E-state index contributed by atoms with van der Waals surface area (Å²) in [5.74, 6) is 0.395. The molecule has 0 radical (unpaired) electrons. The van der Waals surface area contributed by atoms with Crippen LogP contribution in [0.15, 0.2) is 115 Å². The molecule has 7 nitrogen and oxygen atoms in total. The van der Waals surface area contributed by atoms with Gasteiger partial charge in [0.15, 0.2) is 0 Å². The minimum absolute atomic E-state index is 0.0548. The number of fused-ring (bicyclic) bond motifs is 2. The summed E-state index contributed by atoms with van der Waals surface area (Å²) < 4.78 is 103. The molecule has 6 aromatic rings. The summed E-state index contributed by atoms with van der Waals surface area (Å²) in [5.41, 5.74) is -4.91. The van der Waals surface area contributed by atoms with Crippen molar-refractivity contribution in [3.05, 3.63) is 129 Å².